The average Bonchev–Trinajstić information content (AvgIpc) is 2.65. The smallest absolute Gasteiger partial charge is 0.207 e. The first-order chi connectivity index (χ1) is 12.5. The lowest BCUT2D eigenvalue weighted by Gasteiger charge is -2.21. The Hall–Kier alpha value is -2.17. The molecule has 0 fully saturated rings. The third-order valence-electron chi connectivity index (χ3n) is 4.67. The standard InChI is InChI=1S/C22H25NO2S/c1-3-4-12-22(21-11-7-9-18-8-5-6-10-20(18)21)23-26(24,25)19-15-13-17(2)14-16-19/h5-11,13-16,22-23H,3-4,12H2,1-2H3. The fourth-order valence-corrected chi connectivity index (χ4v) is 4.46. The zero-order valence-electron chi connectivity index (χ0n) is 15.3. The van der Waals surface area contributed by atoms with Crippen LogP contribution >= 0.6 is 0 Å². The zero-order chi connectivity index (χ0) is 18.6. The quantitative estimate of drug-likeness (QED) is 0.611. The van der Waals surface area contributed by atoms with E-state index in [4.69, 9.17) is 0 Å². The highest BCUT2D eigenvalue weighted by atomic mass is 32.2. The Morgan fingerprint density at radius 3 is 2.35 bits per heavy atom. The Labute approximate surface area is 156 Å². The number of hydrogen-bond acceptors (Lipinski definition) is 2. The molecule has 136 valence electrons. The molecule has 0 saturated heterocycles. The summed E-state index contributed by atoms with van der Waals surface area (Å²) in [6, 6.07) is 20.9. The van der Waals surface area contributed by atoms with Crippen molar-refractivity contribution in [3.8, 4) is 0 Å². The lowest BCUT2D eigenvalue weighted by Crippen LogP contribution is -2.29. The number of unbranched alkanes of at least 4 members (excludes halogenated alkanes) is 1. The summed E-state index contributed by atoms with van der Waals surface area (Å²) in [6.45, 7) is 4.07. The fraction of sp³-hybridized carbons (Fsp3) is 0.273. The third kappa shape index (κ3) is 4.14. The van der Waals surface area contributed by atoms with Gasteiger partial charge in [-0.25, -0.2) is 13.1 Å². The molecule has 0 aliphatic rings. The van der Waals surface area contributed by atoms with Crippen LogP contribution in [0.25, 0.3) is 10.8 Å². The molecule has 1 N–H and O–H groups in total. The van der Waals surface area contributed by atoms with E-state index in [0.717, 1.165) is 41.2 Å². The maximum Gasteiger partial charge on any atom is 0.241 e. The van der Waals surface area contributed by atoms with Crippen LogP contribution in [0.4, 0.5) is 0 Å². The maximum absolute atomic E-state index is 12.9. The van der Waals surface area contributed by atoms with E-state index in [9.17, 15) is 8.42 Å². The monoisotopic (exact) mass is 367 g/mol. The first-order valence-electron chi connectivity index (χ1n) is 9.08. The normalized spacial score (nSPS) is 13.0. The molecule has 0 aliphatic heterocycles. The molecule has 1 atom stereocenters. The van der Waals surface area contributed by atoms with Gasteiger partial charge in [0.05, 0.1) is 4.90 Å². The van der Waals surface area contributed by atoms with Crippen LogP contribution in [0.2, 0.25) is 0 Å². The van der Waals surface area contributed by atoms with Gasteiger partial charge in [-0.2, -0.15) is 0 Å². The van der Waals surface area contributed by atoms with Crippen LogP contribution in [0.1, 0.15) is 43.4 Å². The minimum absolute atomic E-state index is 0.243. The Balaban J connectivity index is 1.99. The Morgan fingerprint density at radius 2 is 1.62 bits per heavy atom. The Kier molecular flexibility index (Phi) is 5.74. The number of fused-ring (bicyclic) bond motifs is 1. The first-order valence-corrected chi connectivity index (χ1v) is 10.6. The molecule has 0 saturated carbocycles. The molecule has 26 heavy (non-hydrogen) atoms. The highest BCUT2D eigenvalue weighted by Gasteiger charge is 2.22. The molecule has 0 aromatic heterocycles. The second-order valence-electron chi connectivity index (χ2n) is 6.70. The molecule has 4 heteroatoms. The van der Waals surface area contributed by atoms with Crippen LogP contribution in [0.3, 0.4) is 0 Å². The van der Waals surface area contributed by atoms with Crippen LogP contribution in [0.15, 0.2) is 71.6 Å². The topological polar surface area (TPSA) is 46.2 Å². The molecule has 0 radical (unpaired) electrons. The summed E-state index contributed by atoms with van der Waals surface area (Å²) in [5, 5.41) is 2.23. The molecule has 3 rings (SSSR count). The molecule has 0 amide bonds. The maximum atomic E-state index is 12.9. The molecule has 1 unspecified atom stereocenters. The van der Waals surface area contributed by atoms with Gasteiger partial charge in [-0.1, -0.05) is 79.9 Å². The van der Waals surface area contributed by atoms with E-state index in [0.29, 0.717) is 4.90 Å². The largest absolute Gasteiger partial charge is 0.241 e. The van der Waals surface area contributed by atoms with Gasteiger partial charge < -0.3 is 0 Å². The van der Waals surface area contributed by atoms with Gasteiger partial charge in [-0.05, 0) is 41.8 Å². The van der Waals surface area contributed by atoms with Crippen molar-refractivity contribution in [2.45, 2.75) is 44.0 Å². The predicted molar refractivity (Wildman–Crippen MR) is 108 cm³/mol. The molecule has 0 aliphatic carbocycles. The van der Waals surface area contributed by atoms with E-state index < -0.39 is 10.0 Å². The van der Waals surface area contributed by atoms with Gasteiger partial charge in [0.2, 0.25) is 10.0 Å². The van der Waals surface area contributed by atoms with Gasteiger partial charge >= 0.3 is 0 Å². The summed E-state index contributed by atoms with van der Waals surface area (Å²) < 4.78 is 28.8. The van der Waals surface area contributed by atoms with Crippen molar-refractivity contribution in [3.63, 3.8) is 0 Å². The van der Waals surface area contributed by atoms with Crippen LogP contribution in [-0.4, -0.2) is 8.42 Å². The lowest BCUT2D eigenvalue weighted by atomic mass is 9.96. The van der Waals surface area contributed by atoms with Crippen molar-refractivity contribution < 1.29 is 8.42 Å². The van der Waals surface area contributed by atoms with Crippen LogP contribution in [-0.2, 0) is 10.0 Å². The molecule has 3 aromatic rings. The molecular formula is C22H25NO2S. The first kappa shape index (κ1) is 18.6. The second-order valence-corrected chi connectivity index (χ2v) is 8.41. The van der Waals surface area contributed by atoms with Crippen LogP contribution in [0.5, 0.6) is 0 Å². The average molecular weight is 368 g/mol. The summed E-state index contributed by atoms with van der Waals surface area (Å²) in [5.41, 5.74) is 2.08. The zero-order valence-corrected chi connectivity index (χ0v) is 16.1. The van der Waals surface area contributed by atoms with Gasteiger partial charge in [0, 0.05) is 6.04 Å². The summed E-state index contributed by atoms with van der Waals surface area (Å²) in [6.07, 6.45) is 2.76. The second kappa shape index (κ2) is 8.02. The number of rotatable bonds is 7. The van der Waals surface area contributed by atoms with Crippen LogP contribution in [0, 0.1) is 6.92 Å². The van der Waals surface area contributed by atoms with E-state index in [-0.39, 0.29) is 6.04 Å². The van der Waals surface area contributed by atoms with Crippen molar-refractivity contribution in [2.24, 2.45) is 0 Å². The Morgan fingerprint density at radius 1 is 0.923 bits per heavy atom. The number of benzene rings is 3. The Bertz CT molecular complexity index is 973. The molecule has 3 nitrogen and oxygen atoms in total. The molecule has 3 aromatic carbocycles. The molecule has 0 heterocycles. The summed E-state index contributed by atoms with van der Waals surface area (Å²) in [4.78, 5) is 0.310. The molecule has 0 bridgehead atoms. The van der Waals surface area contributed by atoms with Crippen molar-refractivity contribution in [2.75, 3.05) is 0 Å². The lowest BCUT2D eigenvalue weighted by molar-refractivity contribution is 0.527. The summed E-state index contributed by atoms with van der Waals surface area (Å²) >= 11 is 0. The van der Waals surface area contributed by atoms with E-state index in [1.54, 1.807) is 12.1 Å². The fourth-order valence-electron chi connectivity index (χ4n) is 3.21. The van der Waals surface area contributed by atoms with Gasteiger partial charge in [-0.15, -0.1) is 0 Å². The summed E-state index contributed by atoms with van der Waals surface area (Å²) in [7, 11) is -3.57. The van der Waals surface area contributed by atoms with Gasteiger partial charge in [0.15, 0.2) is 0 Å². The predicted octanol–water partition coefficient (Wildman–Crippen LogP) is 5.36. The van der Waals surface area contributed by atoms with Crippen molar-refractivity contribution in [3.05, 3.63) is 77.9 Å². The van der Waals surface area contributed by atoms with E-state index in [1.807, 2.05) is 43.3 Å². The van der Waals surface area contributed by atoms with Gasteiger partial charge in [-0.3, -0.25) is 0 Å². The molecule has 0 spiro atoms. The SMILES string of the molecule is CCCCC(NS(=O)(=O)c1ccc(C)cc1)c1cccc2ccccc12. The number of hydrogen-bond donors (Lipinski definition) is 1. The minimum atomic E-state index is -3.57. The number of nitrogens with one attached hydrogen (secondary N) is 1. The van der Waals surface area contributed by atoms with Crippen molar-refractivity contribution >= 4 is 20.8 Å². The number of aryl methyl sites for hydroxylation is 1. The van der Waals surface area contributed by atoms with E-state index in [1.165, 1.54) is 0 Å². The van der Waals surface area contributed by atoms with E-state index >= 15 is 0 Å². The van der Waals surface area contributed by atoms with Crippen molar-refractivity contribution in [1.29, 1.82) is 0 Å². The van der Waals surface area contributed by atoms with Crippen molar-refractivity contribution in [1.82, 2.24) is 4.72 Å². The summed E-state index contributed by atoms with van der Waals surface area (Å²) in [5.74, 6) is 0. The van der Waals surface area contributed by atoms with E-state index in [2.05, 4.69) is 29.8 Å². The number of sulfonamides is 1. The third-order valence-corrected chi connectivity index (χ3v) is 6.16. The van der Waals surface area contributed by atoms with Crippen LogP contribution < -0.4 is 4.72 Å². The van der Waals surface area contributed by atoms with Gasteiger partial charge in [0.1, 0.15) is 0 Å². The molecular weight excluding hydrogens is 342 g/mol. The minimum Gasteiger partial charge on any atom is -0.207 e. The highest BCUT2D eigenvalue weighted by Crippen LogP contribution is 2.29. The van der Waals surface area contributed by atoms with Gasteiger partial charge in [0.25, 0.3) is 0 Å². The highest BCUT2D eigenvalue weighted by molar-refractivity contribution is 7.89.